The highest BCUT2D eigenvalue weighted by Crippen LogP contribution is 2.36. The number of ether oxygens (including phenoxy) is 2. The van der Waals surface area contributed by atoms with Crippen molar-refractivity contribution < 1.29 is 50.5 Å². The summed E-state index contributed by atoms with van der Waals surface area (Å²) in [5, 5.41) is 12.1. The second kappa shape index (κ2) is 12.6. The van der Waals surface area contributed by atoms with Crippen LogP contribution in [0.15, 0.2) is 63.8 Å². The summed E-state index contributed by atoms with van der Waals surface area (Å²) < 4.78 is 84.6. The van der Waals surface area contributed by atoms with Crippen molar-refractivity contribution >= 4 is 27.9 Å². The largest absolute Gasteiger partial charge is 0.530 e. The Hall–Kier alpha value is -4.73. The van der Waals surface area contributed by atoms with Crippen molar-refractivity contribution in [2.24, 2.45) is 5.73 Å². The van der Waals surface area contributed by atoms with Crippen LogP contribution in [-0.4, -0.2) is 40.5 Å². The Labute approximate surface area is 248 Å². The molecule has 2 aromatic heterocycles. The summed E-state index contributed by atoms with van der Waals surface area (Å²) >= 11 is 3.13. The second-order valence-corrected chi connectivity index (χ2v) is 9.49. The van der Waals surface area contributed by atoms with Crippen molar-refractivity contribution in [2.75, 3.05) is 13.7 Å². The van der Waals surface area contributed by atoms with Crippen molar-refractivity contribution in [2.45, 2.75) is 18.8 Å². The molecule has 4 rings (SSSR count). The molecule has 0 aliphatic carbocycles. The fraction of sp³-hybridized carbons (Fsp3) is 0.185. The number of carbonyl (C=O) groups excluding carboxylic acids is 2. The average molecular weight is 670 g/mol. The minimum absolute atomic E-state index is 0.00339. The van der Waals surface area contributed by atoms with Gasteiger partial charge in [-0.1, -0.05) is 18.2 Å². The molecule has 0 saturated heterocycles. The Kier molecular flexibility index (Phi) is 9.18. The Morgan fingerprint density at radius 2 is 1.84 bits per heavy atom. The van der Waals surface area contributed by atoms with Crippen LogP contribution in [-0.2, 0) is 12.7 Å². The van der Waals surface area contributed by atoms with Gasteiger partial charge in [0, 0.05) is 23.9 Å². The lowest BCUT2D eigenvalue weighted by Gasteiger charge is -2.29. The molecule has 0 saturated carbocycles. The second-order valence-electron chi connectivity index (χ2n) is 8.77. The van der Waals surface area contributed by atoms with Gasteiger partial charge in [0.05, 0.1) is 19.2 Å². The summed E-state index contributed by atoms with van der Waals surface area (Å²) in [7, 11) is 1.32. The van der Waals surface area contributed by atoms with Crippen molar-refractivity contribution in [3.05, 3.63) is 93.6 Å². The van der Waals surface area contributed by atoms with E-state index in [1.54, 1.807) is 0 Å². The highest BCUT2D eigenvalue weighted by Gasteiger charge is 2.31. The van der Waals surface area contributed by atoms with Gasteiger partial charge < -0.3 is 34.4 Å². The van der Waals surface area contributed by atoms with Gasteiger partial charge in [0.2, 0.25) is 11.8 Å². The molecule has 16 heteroatoms. The van der Waals surface area contributed by atoms with Crippen molar-refractivity contribution in [3.63, 3.8) is 0 Å². The normalized spacial score (nSPS) is 12.1. The van der Waals surface area contributed by atoms with Gasteiger partial charge in [0.15, 0.2) is 22.3 Å². The van der Waals surface area contributed by atoms with E-state index in [0.29, 0.717) is 11.6 Å². The Bertz CT molecular complexity index is 1650. The van der Waals surface area contributed by atoms with Gasteiger partial charge in [-0.25, -0.2) is 18.7 Å². The monoisotopic (exact) mass is 669 g/mol. The third kappa shape index (κ3) is 7.02. The first-order valence-corrected chi connectivity index (χ1v) is 12.8. The standard InChI is InChI=1S/C27H20BrF5N4O6/c1-41-24-14(3-2-10-35-24)11-37(26(39)40)12-18(42-17-9-8-16(29)19(20(17)30)23(34)38)25-36-21(22(28)43-25)13-4-6-15(7-5-13)27(31,32)33/h2-10,18H,11-12H2,1H3,(H2,34,38)(H,39,40)/p-1. The minimum Gasteiger partial charge on any atom is -0.530 e. The van der Waals surface area contributed by atoms with E-state index in [9.17, 15) is 32.3 Å². The highest BCUT2D eigenvalue weighted by molar-refractivity contribution is 9.10. The molecule has 0 spiro atoms. The van der Waals surface area contributed by atoms with Crippen LogP contribution in [0.1, 0.15) is 33.5 Å². The molecule has 1 atom stereocenters. The average Bonchev–Trinajstić information content (AvgIpc) is 3.34. The molecule has 4 aromatic rings. The molecule has 0 bridgehead atoms. The third-order valence-corrected chi connectivity index (χ3v) is 6.52. The van der Waals surface area contributed by atoms with Crippen molar-refractivity contribution in [1.82, 2.24) is 14.9 Å². The Morgan fingerprint density at radius 3 is 2.44 bits per heavy atom. The molecule has 2 N–H and O–H groups in total. The number of aromatic nitrogens is 2. The number of amides is 2. The molecular formula is C27H19BrF5N4O6-. The Balaban J connectivity index is 1.76. The van der Waals surface area contributed by atoms with Crippen LogP contribution in [0.25, 0.3) is 11.3 Å². The number of primary amides is 1. The lowest BCUT2D eigenvalue weighted by Crippen LogP contribution is -2.43. The van der Waals surface area contributed by atoms with Crippen LogP contribution in [0, 0.1) is 11.6 Å². The maximum atomic E-state index is 15.1. The summed E-state index contributed by atoms with van der Waals surface area (Å²) in [6, 6.07) is 8.52. The fourth-order valence-corrected chi connectivity index (χ4v) is 4.44. The number of hydrogen-bond donors (Lipinski definition) is 1. The van der Waals surface area contributed by atoms with Crippen LogP contribution < -0.4 is 20.3 Å². The van der Waals surface area contributed by atoms with Crippen LogP contribution in [0.4, 0.5) is 26.7 Å². The van der Waals surface area contributed by atoms with E-state index in [-0.39, 0.29) is 34.2 Å². The first kappa shape index (κ1) is 31.2. The van der Waals surface area contributed by atoms with Crippen LogP contribution in [0.5, 0.6) is 11.6 Å². The first-order valence-electron chi connectivity index (χ1n) is 12.0. The van der Waals surface area contributed by atoms with E-state index in [2.05, 4.69) is 25.9 Å². The van der Waals surface area contributed by atoms with E-state index >= 15 is 4.39 Å². The van der Waals surface area contributed by atoms with E-state index < -0.39 is 59.3 Å². The molecule has 0 aliphatic heterocycles. The predicted molar refractivity (Wildman–Crippen MR) is 139 cm³/mol. The number of carbonyl (C=O) groups is 2. The van der Waals surface area contributed by atoms with Gasteiger partial charge in [-0.2, -0.15) is 13.2 Å². The zero-order valence-corrected chi connectivity index (χ0v) is 23.4. The molecule has 2 amide bonds. The molecule has 0 aliphatic rings. The van der Waals surface area contributed by atoms with Gasteiger partial charge in [-0.15, -0.1) is 0 Å². The first-order chi connectivity index (χ1) is 20.3. The van der Waals surface area contributed by atoms with E-state index in [1.807, 2.05) is 0 Å². The number of halogens is 6. The highest BCUT2D eigenvalue weighted by atomic mass is 79.9. The molecule has 2 aromatic carbocycles. The molecule has 2 heterocycles. The molecule has 0 radical (unpaired) electrons. The van der Waals surface area contributed by atoms with Crippen molar-refractivity contribution in [1.29, 1.82) is 0 Å². The number of rotatable bonds is 10. The molecule has 1 unspecified atom stereocenters. The number of nitrogens with zero attached hydrogens (tertiary/aromatic N) is 3. The van der Waals surface area contributed by atoms with E-state index in [4.69, 9.17) is 19.6 Å². The van der Waals surface area contributed by atoms with Crippen LogP contribution in [0.2, 0.25) is 0 Å². The molecule has 10 nitrogen and oxygen atoms in total. The van der Waals surface area contributed by atoms with E-state index in [0.717, 1.165) is 35.2 Å². The molecule has 43 heavy (non-hydrogen) atoms. The zero-order valence-electron chi connectivity index (χ0n) is 21.8. The lowest BCUT2D eigenvalue weighted by atomic mass is 10.1. The fourth-order valence-electron chi connectivity index (χ4n) is 3.96. The maximum absolute atomic E-state index is 15.1. The van der Waals surface area contributed by atoms with Gasteiger partial charge in [-0.3, -0.25) is 4.79 Å². The summed E-state index contributed by atoms with van der Waals surface area (Å²) in [4.78, 5) is 32.8. The minimum atomic E-state index is -4.59. The molecule has 0 fully saturated rings. The number of carboxylic acid groups (broad SMARTS) is 1. The smallest absolute Gasteiger partial charge is 0.416 e. The number of methoxy groups -OCH3 is 1. The lowest BCUT2D eigenvalue weighted by molar-refractivity contribution is -0.267. The number of hydrogen-bond acceptors (Lipinski definition) is 8. The molecule has 226 valence electrons. The summed E-state index contributed by atoms with van der Waals surface area (Å²) in [5.74, 6) is -5.14. The number of pyridine rings is 1. The SMILES string of the molecule is COc1ncccc1CN(CC(Oc1ccc(F)c(C(N)=O)c1F)c1nc(-c2ccc(C(F)(F)F)cc2)c(Br)o1)C(=O)[O-]. The van der Waals surface area contributed by atoms with Gasteiger partial charge in [0.1, 0.15) is 23.2 Å². The van der Waals surface area contributed by atoms with Crippen LogP contribution in [0.3, 0.4) is 0 Å². The van der Waals surface area contributed by atoms with Gasteiger partial charge in [0.25, 0.3) is 5.91 Å². The maximum Gasteiger partial charge on any atom is 0.416 e. The van der Waals surface area contributed by atoms with Gasteiger partial charge >= 0.3 is 6.18 Å². The van der Waals surface area contributed by atoms with Gasteiger partial charge in [-0.05, 0) is 46.3 Å². The number of oxazole rings is 1. The summed E-state index contributed by atoms with van der Waals surface area (Å²) in [5.41, 5.74) is 3.57. The van der Waals surface area contributed by atoms with E-state index in [1.165, 1.54) is 25.4 Å². The Morgan fingerprint density at radius 1 is 1.14 bits per heavy atom. The number of nitrogens with two attached hydrogens (primary N) is 1. The number of benzene rings is 2. The zero-order chi connectivity index (χ0) is 31.5. The number of alkyl halides is 3. The van der Waals surface area contributed by atoms with Crippen molar-refractivity contribution in [3.8, 4) is 22.9 Å². The molecular weight excluding hydrogens is 651 g/mol. The quantitative estimate of drug-likeness (QED) is 0.236. The third-order valence-electron chi connectivity index (χ3n) is 5.98. The predicted octanol–water partition coefficient (Wildman–Crippen LogP) is 4.87. The van der Waals surface area contributed by atoms with Crippen LogP contribution >= 0.6 is 15.9 Å². The topological polar surface area (TPSA) is 144 Å². The summed E-state index contributed by atoms with van der Waals surface area (Å²) in [6.45, 7) is -0.992. The summed E-state index contributed by atoms with van der Waals surface area (Å²) in [6.07, 6.45) is -6.46.